The first-order valence-electron chi connectivity index (χ1n) is 5.37. The lowest BCUT2D eigenvalue weighted by Crippen LogP contribution is -2.26. The number of carbonyl (C=O) groups excluding carboxylic acids is 1. The summed E-state index contributed by atoms with van der Waals surface area (Å²) in [7, 11) is 0. The highest BCUT2D eigenvalue weighted by molar-refractivity contribution is 9.10. The minimum Gasteiger partial charge on any atom is -0.352 e. The molecule has 0 aliphatic carbocycles. The third kappa shape index (κ3) is 3.16. The summed E-state index contributed by atoms with van der Waals surface area (Å²) < 4.78 is 13.6. The highest BCUT2D eigenvalue weighted by Crippen LogP contribution is 2.17. The zero-order valence-electron chi connectivity index (χ0n) is 9.41. The van der Waals surface area contributed by atoms with Crippen LogP contribution in [0.3, 0.4) is 0 Å². The maximum Gasteiger partial charge on any atom is 0.252 e. The zero-order chi connectivity index (χ0) is 13.0. The van der Waals surface area contributed by atoms with Gasteiger partial charge in [-0.15, -0.1) is 0 Å². The molecule has 0 spiro atoms. The van der Waals surface area contributed by atoms with Gasteiger partial charge in [0.1, 0.15) is 5.82 Å². The van der Waals surface area contributed by atoms with Crippen LogP contribution in [0, 0.1) is 5.82 Å². The molecular formula is C12H11BrFN3O. The molecule has 94 valence electrons. The number of hydrogen-bond donors (Lipinski definition) is 2. The van der Waals surface area contributed by atoms with Gasteiger partial charge < -0.3 is 10.3 Å². The molecule has 0 bridgehead atoms. The van der Waals surface area contributed by atoms with Gasteiger partial charge in [-0.2, -0.15) is 0 Å². The number of hydrogen-bond acceptors (Lipinski definition) is 2. The Bertz CT molecular complexity index is 542. The topological polar surface area (TPSA) is 57.8 Å². The normalized spacial score (nSPS) is 10.3. The molecule has 2 aromatic rings. The predicted molar refractivity (Wildman–Crippen MR) is 68.7 cm³/mol. The van der Waals surface area contributed by atoms with E-state index in [4.69, 9.17) is 0 Å². The molecule has 1 amide bonds. The lowest BCUT2D eigenvalue weighted by atomic mass is 10.2. The molecule has 0 aliphatic rings. The average molecular weight is 312 g/mol. The van der Waals surface area contributed by atoms with E-state index in [0.717, 1.165) is 5.69 Å². The minimum absolute atomic E-state index is 0.291. The summed E-state index contributed by atoms with van der Waals surface area (Å²) >= 11 is 3.22. The Morgan fingerprint density at radius 1 is 1.50 bits per heavy atom. The van der Waals surface area contributed by atoms with Gasteiger partial charge in [0.2, 0.25) is 0 Å². The molecule has 0 atom stereocenters. The first-order valence-corrected chi connectivity index (χ1v) is 6.16. The van der Waals surface area contributed by atoms with Gasteiger partial charge in [0, 0.05) is 29.3 Å². The first kappa shape index (κ1) is 12.8. The van der Waals surface area contributed by atoms with Crippen molar-refractivity contribution in [3.8, 4) is 0 Å². The SMILES string of the molecule is O=C(NCCc1cnc[nH]1)c1cc(F)ccc1Br. The van der Waals surface area contributed by atoms with Crippen LogP contribution in [0.2, 0.25) is 0 Å². The number of nitrogens with zero attached hydrogens (tertiary/aromatic N) is 1. The molecule has 18 heavy (non-hydrogen) atoms. The molecule has 1 aromatic heterocycles. The van der Waals surface area contributed by atoms with Crippen molar-refractivity contribution in [1.29, 1.82) is 0 Å². The third-order valence-corrected chi connectivity index (χ3v) is 3.10. The molecule has 0 saturated heterocycles. The minimum atomic E-state index is -0.433. The van der Waals surface area contributed by atoms with Crippen molar-refractivity contribution in [2.45, 2.75) is 6.42 Å². The third-order valence-electron chi connectivity index (χ3n) is 2.41. The molecule has 1 aromatic carbocycles. The van der Waals surface area contributed by atoms with Crippen LogP contribution in [0.4, 0.5) is 4.39 Å². The first-order chi connectivity index (χ1) is 8.66. The van der Waals surface area contributed by atoms with Gasteiger partial charge in [-0.25, -0.2) is 9.37 Å². The average Bonchev–Trinajstić information content (AvgIpc) is 2.85. The van der Waals surface area contributed by atoms with Crippen LogP contribution in [0.1, 0.15) is 16.1 Å². The molecule has 1 heterocycles. The Kier molecular flexibility index (Phi) is 4.09. The van der Waals surface area contributed by atoms with Gasteiger partial charge in [0.15, 0.2) is 0 Å². The standard InChI is InChI=1S/C12H11BrFN3O/c13-11-2-1-8(14)5-10(11)12(18)16-4-3-9-6-15-7-17-9/h1-2,5-7H,3-4H2,(H,15,17)(H,16,18). The number of benzene rings is 1. The summed E-state index contributed by atoms with van der Waals surface area (Å²) in [5.41, 5.74) is 1.23. The summed E-state index contributed by atoms with van der Waals surface area (Å²) in [5.74, 6) is -0.738. The molecule has 6 heteroatoms. The number of aromatic nitrogens is 2. The Balaban J connectivity index is 1.93. The number of amides is 1. The van der Waals surface area contributed by atoms with Crippen LogP contribution in [0.5, 0.6) is 0 Å². The van der Waals surface area contributed by atoms with Crippen LogP contribution in [-0.2, 0) is 6.42 Å². The van der Waals surface area contributed by atoms with Crippen molar-refractivity contribution in [3.63, 3.8) is 0 Å². The molecule has 4 nitrogen and oxygen atoms in total. The fourth-order valence-corrected chi connectivity index (χ4v) is 1.93. The number of carbonyl (C=O) groups is 1. The second-order valence-corrected chi connectivity index (χ2v) is 4.56. The van der Waals surface area contributed by atoms with Gasteiger partial charge in [-0.05, 0) is 34.1 Å². The molecule has 2 N–H and O–H groups in total. The van der Waals surface area contributed by atoms with Crippen molar-refractivity contribution in [3.05, 3.63) is 52.3 Å². The molecular weight excluding hydrogens is 301 g/mol. The summed E-state index contributed by atoms with van der Waals surface area (Å²) in [5, 5.41) is 2.72. The van der Waals surface area contributed by atoms with E-state index in [9.17, 15) is 9.18 Å². The van der Waals surface area contributed by atoms with Gasteiger partial charge >= 0.3 is 0 Å². The fourth-order valence-electron chi connectivity index (χ4n) is 1.50. The number of aromatic amines is 1. The predicted octanol–water partition coefficient (Wildman–Crippen LogP) is 2.28. The van der Waals surface area contributed by atoms with Crippen LogP contribution in [-0.4, -0.2) is 22.4 Å². The summed E-state index contributed by atoms with van der Waals surface area (Å²) in [6, 6.07) is 4.01. The molecule has 0 fully saturated rings. The van der Waals surface area contributed by atoms with Crippen molar-refractivity contribution < 1.29 is 9.18 Å². The lowest BCUT2D eigenvalue weighted by Gasteiger charge is -2.06. The van der Waals surface area contributed by atoms with Gasteiger partial charge in [-0.1, -0.05) is 0 Å². The van der Waals surface area contributed by atoms with E-state index < -0.39 is 5.82 Å². The van der Waals surface area contributed by atoms with E-state index in [0.29, 0.717) is 23.0 Å². The highest BCUT2D eigenvalue weighted by atomic mass is 79.9. The number of imidazole rings is 1. The maximum atomic E-state index is 13.0. The monoisotopic (exact) mass is 311 g/mol. The molecule has 0 unspecified atom stereocenters. The van der Waals surface area contributed by atoms with Crippen molar-refractivity contribution in [2.24, 2.45) is 0 Å². The fraction of sp³-hybridized carbons (Fsp3) is 0.167. The number of H-pyrrole nitrogens is 1. The van der Waals surface area contributed by atoms with Crippen molar-refractivity contribution >= 4 is 21.8 Å². The maximum absolute atomic E-state index is 13.0. The Hall–Kier alpha value is -1.69. The number of rotatable bonds is 4. The number of halogens is 2. The van der Waals surface area contributed by atoms with Crippen molar-refractivity contribution in [2.75, 3.05) is 6.54 Å². The van der Waals surface area contributed by atoms with Gasteiger partial charge in [0.25, 0.3) is 5.91 Å². The zero-order valence-corrected chi connectivity index (χ0v) is 11.0. The summed E-state index contributed by atoms with van der Waals surface area (Å²) in [4.78, 5) is 18.6. The summed E-state index contributed by atoms with van der Waals surface area (Å²) in [6.07, 6.45) is 3.93. The number of nitrogens with one attached hydrogen (secondary N) is 2. The van der Waals surface area contributed by atoms with Gasteiger partial charge in [-0.3, -0.25) is 4.79 Å². The van der Waals surface area contributed by atoms with Crippen LogP contribution in [0.15, 0.2) is 35.2 Å². The van der Waals surface area contributed by atoms with Crippen LogP contribution in [0.25, 0.3) is 0 Å². The molecule has 0 aliphatic heterocycles. The lowest BCUT2D eigenvalue weighted by molar-refractivity contribution is 0.0953. The Labute approximate surface area is 112 Å². The van der Waals surface area contributed by atoms with E-state index in [1.165, 1.54) is 18.2 Å². The Morgan fingerprint density at radius 3 is 3.06 bits per heavy atom. The highest BCUT2D eigenvalue weighted by Gasteiger charge is 2.10. The second-order valence-electron chi connectivity index (χ2n) is 3.71. The van der Waals surface area contributed by atoms with Gasteiger partial charge in [0.05, 0.1) is 11.9 Å². The van der Waals surface area contributed by atoms with Crippen LogP contribution < -0.4 is 5.32 Å². The Morgan fingerprint density at radius 2 is 2.33 bits per heavy atom. The van der Waals surface area contributed by atoms with E-state index in [1.807, 2.05) is 0 Å². The van der Waals surface area contributed by atoms with Crippen LogP contribution >= 0.6 is 15.9 Å². The van der Waals surface area contributed by atoms with E-state index >= 15 is 0 Å². The molecule has 0 saturated carbocycles. The van der Waals surface area contributed by atoms with Crippen molar-refractivity contribution in [1.82, 2.24) is 15.3 Å². The quantitative estimate of drug-likeness (QED) is 0.910. The largest absolute Gasteiger partial charge is 0.352 e. The molecule has 2 rings (SSSR count). The van der Waals surface area contributed by atoms with E-state index in [-0.39, 0.29) is 5.91 Å². The summed E-state index contributed by atoms with van der Waals surface area (Å²) in [6.45, 7) is 0.462. The van der Waals surface area contributed by atoms with E-state index in [1.54, 1.807) is 12.5 Å². The smallest absolute Gasteiger partial charge is 0.252 e. The second kappa shape index (κ2) is 5.77. The molecule has 0 radical (unpaired) electrons. The van der Waals surface area contributed by atoms with E-state index in [2.05, 4.69) is 31.2 Å².